The van der Waals surface area contributed by atoms with Gasteiger partial charge in [0.2, 0.25) is 0 Å². The Labute approximate surface area is 159 Å². The second kappa shape index (κ2) is 6.61. The molecule has 0 unspecified atom stereocenters. The standard InChI is InChI=1S/C23H25FO3/c1-6-14-13-16(15-7-10-17(24)11-8-15)9-12-18(14)19-20(25)22(2,3)27-23(4,5)21(19)26/h7-13,25H,6H2,1-5H3. The van der Waals surface area contributed by atoms with Gasteiger partial charge in [-0.15, -0.1) is 0 Å². The number of hydrogen-bond acceptors (Lipinski definition) is 3. The lowest BCUT2D eigenvalue weighted by atomic mass is 9.81. The highest BCUT2D eigenvalue weighted by Crippen LogP contribution is 2.41. The lowest BCUT2D eigenvalue weighted by Gasteiger charge is -2.40. The van der Waals surface area contributed by atoms with Gasteiger partial charge in [0.25, 0.3) is 0 Å². The van der Waals surface area contributed by atoms with Crippen molar-refractivity contribution in [3.05, 3.63) is 65.2 Å². The Morgan fingerprint density at radius 2 is 1.56 bits per heavy atom. The summed E-state index contributed by atoms with van der Waals surface area (Å²) in [4.78, 5) is 13.0. The third kappa shape index (κ3) is 3.42. The highest BCUT2D eigenvalue weighted by atomic mass is 19.1. The van der Waals surface area contributed by atoms with E-state index in [-0.39, 0.29) is 17.4 Å². The largest absolute Gasteiger partial charge is 0.508 e. The molecule has 0 spiro atoms. The molecule has 1 N–H and O–H groups in total. The highest BCUT2D eigenvalue weighted by Gasteiger charge is 2.47. The maximum absolute atomic E-state index is 13.2. The van der Waals surface area contributed by atoms with Crippen LogP contribution in [0.4, 0.5) is 4.39 Å². The molecule has 2 aromatic rings. The van der Waals surface area contributed by atoms with Crippen molar-refractivity contribution in [1.29, 1.82) is 0 Å². The van der Waals surface area contributed by atoms with Gasteiger partial charge < -0.3 is 9.84 Å². The minimum atomic E-state index is -1.02. The number of halogens is 1. The number of ketones is 1. The van der Waals surface area contributed by atoms with Crippen molar-refractivity contribution >= 4 is 11.4 Å². The monoisotopic (exact) mass is 368 g/mol. The summed E-state index contributed by atoms with van der Waals surface area (Å²) in [6.07, 6.45) is 0.691. The summed E-state index contributed by atoms with van der Waals surface area (Å²) in [6, 6.07) is 12.1. The molecular formula is C23H25FO3. The van der Waals surface area contributed by atoms with Crippen LogP contribution in [0.5, 0.6) is 0 Å². The average molecular weight is 368 g/mol. The first kappa shape index (κ1) is 19.3. The van der Waals surface area contributed by atoms with Gasteiger partial charge in [-0.1, -0.05) is 37.3 Å². The summed E-state index contributed by atoms with van der Waals surface area (Å²) in [6.45, 7) is 8.97. The van der Waals surface area contributed by atoms with Crippen LogP contribution in [-0.4, -0.2) is 22.1 Å². The van der Waals surface area contributed by atoms with E-state index in [1.807, 2.05) is 25.1 Å². The predicted molar refractivity (Wildman–Crippen MR) is 105 cm³/mol. The molecule has 1 aliphatic rings. The lowest BCUT2D eigenvalue weighted by molar-refractivity contribution is -0.158. The van der Waals surface area contributed by atoms with E-state index in [0.29, 0.717) is 12.0 Å². The first-order valence-corrected chi connectivity index (χ1v) is 9.15. The van der Waals surface area contributed by atoms with Gasteiger partial charge in [0.15, 0.2) is 5.78 Å². The Bertz CT molecular complexity index is 921. The van der Waals surface area contributed by atoms with Crippen molar-refractivity contribution in [2.24, 2.45) is 0 Å². The molecule has 1 aliphatic heterocycles. The van der Waals surface area contributed by atoms with Crippen molar-refractivity contribution in [1.82, 2.24) is 0 Å². The summed E-state index contributed by atoms with van der Waals surface area (Å²) in [5.74, 6) is -0.557. The number of carbonyl (C=O) groups excluding carboxylic acids is 1. The molecule has 0 radical (unpaired) electrons. The van der Waals surface area contributed by atoms with Crippen LogP contribution in [-0.2, 0) is 16.0 Å². The Morgan fingerprint density at radius 3 is 2.15 bits per heavy atom. The van der Waals surface area contributed by atoms with E-state index in [4.69, 9.17) is 4.74 Å². The predicted octanol–water partition coefficient (Wildman–Crippen LogP) is 5.48. The third-order valence-corrected chi connectivity index (χ3v) is 5.02. The normalized spacial score (nSPS) is 18.7. The fourth-order valence-electron chi connectivity index (χ4n) is 3.64. The number of benzene rings is 2. The Hall–Kier alpha value is -2.46. The van der Waals surface area contributed by atoms with E-state index in [1.165, 1.54) is 12.1 Å². The van der Waals surface area contributed by atoms with E-state index in [1.54, 1.807) is 39.8 Å². The van der Waals surface area contributed by atoms with Crippen LogP contribution in [0.3, 0.4) is 0 Å². The average Bonchev–Trinajstić information content (AvgIpc) is 2.60. The van der Waals surface area contributed by atoms with Gasteiger partial charge in [0.1, 0.15) is 22.8 Å². The molecule has 142 valence electrons. The number of aryl methyl sites for hydroxylation is 1. The number of aliphatic hydroxyl groups excluding tert-OH is 1. The Balaban J connectivity index is 2.16. The summed E-state index contributed by atoms with van der Waals surface area (Å²) >= 11 is 0. The molecule has 4 heteroatoms. The number of rotatable bonds is 3. The van der Waals surface area contributed by atoms with Crippen molar-refractivity contribution in [3.8, 4) is 11.1 Å². The quantitative estimate of drug-likeness (QED) is 0.780. The maximum Gasteiger partial charge on any atom is 0.198 e. The van der Waals surface area contributed by atoms with Crippen molar-refractivity contribution < 1.29 is 19.0 Å². The number of hydrogen-bond donors (Lipinski definition) is 1. The number of aliphatic hydroxyl groups is 1. The van der Waals surface area contributed by atoms with E-state index in [0.717, 1.165) is 22.3 Å². The van der Waals surface area contributed by atoms with Gasteiger partial charge in [0.05, 0.1) is 5.57 Å². The number of carbonyl (C=O) groups is 1. The molecule has 1 heterocycles. The molecule has 0 fully saturated rings. The molecule has 3 rings (SSSR count). The smallest absolute Gasteiger partial charge is 0.198 e. The van der Waals surface area contributed by atoms with Crippen molar-refractivity contribution in [2.75, 3.05) is 0 Å². The SMILES string of the molecule is CCc1cc(-c2ccc(F)cc2)ccc1C1=C(O)C(C)(C)OC(C)(C)C1=O. The summed E-state index contributed by atoms with van der Waals surface area (Å²) in [7, 11) is 0. The molecule has 0 amide bonds. The molecule has 0 atom stereocenters. The fraction of sp³-hybridized carbons (Fsp3) is 0.348. The van der Waals surface area contributed by atoms with E-state index >= 15 is 0 Å². The van der Waals surface area contributed by atoms with Crippen molar-refractivity contribution in [2.45, 2.75) is 52.2 Å². The second-order valence-corrected chi connectivity index (χ2v) is 7.91. The zero-order valence-corrected chi connectivity index (χ0v) is 16.4. The van der Waals surface area contributed by atoms with E-state index < -0.39 is 11.2 Å². The minimum absolute atomic E-state index is 0.0453. The van der Waals surface area contributed by atoms with Gasteiger partial charge in [-0.25, -0.2) is 4.39 Å². The maximum atomic E-state index is 13.2. The Morgan fingerprint density at radius 1 is 0.963 bits per heavy atom. The van der Waals surface area contributed by atoms with Crippen LogP contribution in [0.2, 0.25) is 0 Å². The van der Waals surface area contributed by atoms with Crippen LogP contribution in [0.1, 0.15) is 45.7 Å². The van der Waals surface area contributed by atoms with Gasteiger partial charge in [-0.2, -0.15) is 0 Å². The molecular weight excluding hydrogens is 343 g/mol. The van der Waals surface area contributed by atoms with Gasteiger partial charge in [-0.05, 0) is 68.5 Å². The molecule has 0 aromatic heterocycles. The minimum Gasteiger partial charge on any atom is -0.508 e. The summed E-state index contributed by atoms with van der Waals surface area (Å²) in [5, 5.41) is 10.8. The van der Waals surface area contributed by atoms with Crippen LogP contribution in [0.25, 0.3) is 16.7 Å². The van der Waals surface area contributed by atoms with Crippen molar-refractivity contribution in [3.63, 3.8) is 0 Å². The summed E-state index contributed by atoms with van der Waals surface area (Å²) < 4.78 is 19.0. The molecule has 27 heavy (non-hydrogen) atoms. The second-order valence-electron chi connectivity index (χ2n) is 7.91. The van der Waals surface area contributed by atoms with Crippen LogP contribution < -0.4 is 0 Å². The molecule has 0 saturated carbocycles. The molecule has 3 nitrogen and oxygen atoms in total. The van der Waals surface area contributed by atoms with Gasteiger partial charge in [-0.3, -0.25) is 4.79 Å². The van der Waals surface area contributed by atoms with Crippen LogP contribution in [0.15, 0.2) is 48.2 Å². The lowest BCUT2D eigenvalue weighted by Crippen LogP contribution is -2.49. The number of ether oxygens (including phenoxy) is 1. The zero-order chi connectivity index (χ0) is 20.0. The fourth-order valence-corrected chi connectivity index (χ4v) is 3.64. The molecule has 0 saturated heterocycles. The van der Waals surface area contributed by atoms with Crippen LogP contribution >= 0.6 is 0 Å². The summed E-state index contributed by atoms with van der Waals surface area (Å²) in [5.41, 5.74) is 1.84. The van der Waals surface area contributed by atoms with E-state index in [2.05, 4.69) is 0 Å². The third-order valence-electron chi connectivity index (χ3n) is 5.02. The first-order chi connectivity index (χ1) is 12.6. The van der Waals surface area contributed by atoms with E-state index in [9.17, 15) is 14.3 Å². The zero-order valence-electron chi connectivity index (χ0n) is 16.4. The van der Waals surface area contributed by atoms with Crippen LogP contribution in [0, 0.1) is 5.82 Å². The highest BCUT2D eigenvalue weighted by molar-refractivity contribution is 6.26. The molecule has 0 aliphatic carbocycles. The first-order valence-electron chi connectivity index (χ1n) is 9.15. The van der Waals surface area contributed by atoms with Gasteiger partial charge >= 0.3 is 0 Å². The topological polar surface area (TPSA) is 46.5 Å². The van der Waals surface area contributed by atoms with Gasteiger partial charge in [0, 0.05) is 0 Å². The Kier molecular flexibility index (Phi) is 4.73. The number of Topliss-reactive ketones (excluding diaryl/α,β-unsaturated/α-hetero) is 1. The molecule has 2 aromatic carbocycles. The molecule has 0 bridgehead atoms.